The maximum atomic E-state index is 13.2. The number of hydrogen-bond donors (Lipinski definition) is 0. The fourth-order valence-corrected chi connectivity index (χ4v) is 5.59. The second-order valence-corrected chi connectivity index (χ2v) is 9.07. The van der Waals surface area contributed by atoms with Crippen LogP contribution in [0.15, 0.2) is 29.2 Å². The molecule has 1 aromatic rings. The van der Waals surface area contributed by atoms with Crippen LogP contribution in [0.4, 0.5) is 0 Å². The average Bonchev–Trinajstić information content (AvgIpc) is 3.02. The van der Waals surface area contributed by atoms with Crippen molar-refractivity contribution in [1.82, 2.24) is 8.61 Å². The van der Waals surface area contributed by atoms with E-state index < -0.39 is 10.2 Å². The molecule has 136 valence electrons. The van der Waals surface area contributed by atoms with E-state index in [1.54, 1.807) is 27.5 Å². The lowest BCUT2D eigenvalue weighted by atomic mass is 10.2. The molecule has 0 N–H and O–H groups in total. The van der Waals surface area contributed by atoms with Crippen LogP contribution in [0.1, 0.15) is 32.3 Å². The van der Waals surface area contributed by atoms with Crippen molar-refractivity contribution in [1.29, 1.82) is 0 Å². The number of methoxy groups -OCH3 is 1. The molecule has 1 aliphatic rings. The van der Waals surface area contributed by atoms with Gasteiger partial charge in [-0.3, -0.25) is 0 Å². The van der Waals surface area contributed by atoms with Crippen LogP contribution in [-0.2, 0) is 21.5 Å². The summed E-state index contributed by atoms with van der Waals surface area (Å²) in [6.07, 6.45) is 3.78. The molecule has 0 saturated carbocycles. The largest absolute Gasteiger partial charge is 0.383 e. The highest BCUT2D eigenvalue weighted by molar-refractivity contribution is 7.98. The van der Waals surface area contributed by atoms with Crippen LogP contribution < -0.4 is 0 Å². The summed E-state index contributed by atoms with van der Waals surface area (Å²) in [5, 5.41) is 0. The van der Waals surface area contributed by atoms with Crippen molar-refractivity contribution in [3.63, 3.8) is 0 Å². The number of thioether (sulfide) groups is 1. The fraction of sp³-hybridized carbons (Fsp3) is 0.647. The molecule has 1 saturated heterocycles. The minimum absolute atomic E-state index is 0.0567. The Kier molecular flexibility index (Phi) is 7.12. The molecule has 1 heterocycles. The first-order valence-corrected chi connectivity index (χ1v) is 10.9. The molecule has 1 aromatic carbocycles. The number of benzene rings is 1. The average molecular weight is 373 g/mol. The predicted octanol–water partition coefficient (Wildman–Crippen LogP) is 2.97. The summed E-state index contributed by atoms with van der Waals surface area (Å²) in [5.41, 5.74) is 1.02. The minimum atomic E-state index is -3.51. The maximum Gasteiger partial charge on any atom is 0.282 e. The van der Waals surface area contributed by atoms with E-state index in [-0.39, 0.29) is 12.1 Å². The Hall–Kier alpha value is -0.600. The van der Waals surface area contributed by atoms with Crippen LogP contribution in [0.5, 0.6) is 0 Å². The molecule has 1 fully saturated rings. The number of nitrogens with zero attached hydrogens (tertiary/aromatic N) is 2. The second-order valence-electron chi connectivity index (χ2n) is 6.36. The van der Waals surface area contributed by atoms with Crippen molar-refractivity contribution in [2.75, 3.05) is 26.5 Å². The highest BCUT2D eigenvalue weighted by Crippen LogP contribution is 2.26. The van der Waals surface area contributed by atoms with Gasteiger partial charge in [-0.1, -0.05) is 12.1 Å². The monoisotopic (exact) mass is 372 g/mol. The van der Waals surface area contributed by atoms with Crippen molar-refractivity contribution in [2.45, 2.75) is 50.2 Å². The molecule has 0 spiro atoms. The molecule has 0 radical (unpaired) electrons. The van der Waals surface area contributed by atoms with Crippen molar-refractivity contribution < 1.29 is 13.2 Å². The number of hydrogen-bond acceptors (Lipinski definition) is 4. The SMILES string of the molecule is COCC1CCCN1S(=O)(=O)N(Cc1cccc(SC)c1)C(C)C. The Balaban J connectivity index is 2.25. The van der Waals surface area contributed by atoms with Crippen molar-refractivity contribution in [3.05, 3.63) is 29.8 Å². The van der Waals surface area contributed by atoms with Crippen LogP contribution in [-0.4, -0.2) is 55.6 Å². The molecule has 2 rings (SSSR count). The molecule has 1 unspecified atom stereocenters. The van der Waals surface area contributed by atoms with Gasteiger partial charge in [-0.25, -0.2) is 0 Å². The van der Waals surface area contributed by atoms with Gasteiger partial charge in [0.15, 0.2) is 0 Å². The normalized spacial score (nSPS) is 19.5. The van der Waals surface area contributed by atoms with Gasteiger partial charge in [0.25, 0.3) is 10.2 Å². The molecule has 24 heavy (non-hydrogen) atoms. The smallest absolute Gasteiger partial charge is 0.282 e. The summed E-state index contributed by atoms with van der Waals surface area (Å²) in [4.78, 5) is 1.15. The van der Waals surface area contributed by atoms with E-state index in [4.69, 9.17) is 4.74 Å². The topological polar surface area (TPSA) is 49.9 Å². The van der Waals surface area contributed by atoms with Crippen LogP contribution >= 0.6 is 11.8 Å². The first-order chi connectivity index (χ1) is 11.4. The second kappa shape index (κ2) is 8.67. The van der Waals surface area contributed by atoms with E-state index in [0.717, 1.165) is 23.3 Å². The molecule has 0 aliphatic carbocycles. The van der Waals surface area contributed by atoms with E-state index in [1.165, 1.54) is 0 Å². The molecule has 0 aromatic heterocycles. The van der Waals surface area contributed by atoms with Gasteiger partial charge in [-0.2, -0.15) is 17.0 Å². The quantitative estimate of drug-likeness (QED) is 0.658. The van der Waals surface area contributed by atoms with Crippen LogP contribution in [0.3, 0.4) is 0 Å². The third kappa shape index (κ3) is 4.52. The molecule has 0 bridgehead atoms. The Morgan fingerprint density at radius 1 is 1.42 bits per heavy atom. The zero-order chi connectivity index (χ0) is 17.7. The summed E-state index contributed by atoms with van der Waals surface area (Å²) in [5.74, 6) is 0. The summed E-state index contributed by atoms with van der Waals surface area (Å²) in [6.45, 7) is 5.27. The zero-order valence-electron chi connectivity index (χ0n) is 14.9. The Morgan fingerprint density at radius 2 is 2.17 bits per heavy atom. The summed E-state index contributed by atoms with van der Waals surface area (Å²) < 4.78 is 34.8. The first-order valence-electron chi connectivity index (χ1n) is 8.30. The molecule has 1 aliphatic heterocycles. The highest BCUT2D eigenvalue weighted by atomic mass is 32.2. The number of rotatable bonds is 8. The number of ether oxygens (including phenoxy) is 1. The van der Waals surface area contributed by atoms with E-state index in [9.17, 15) is 8.42 Å². The van der Waals surface area contributed by atoms with E-state index in [2.05, 4.69) is 6.07 Å². The van der Waals surface area contributed by atoms with Gasteiger partial charge in [0, 0.05) is 37.2 Å². The zero-order valence-corrected chi connectivity index (χ0v) is 16.6. The first kappa shape index (κ1) is 19.7. The van der Waals surface area contributed by atoms with Gasteiger partial charge in [0.05, 0.1) is 6.61 Å². The Morgan fingerprint density at radius 3 is 2.79 bits per heavy atom. The van der Waals surface area contributed by atoms with Gasteiger partial charge >= 0.3 is 0 Å². The standard InChI is InChI=1S/C17H28N2O3S2/c1-14(2)19(12-15-7-5-9-17(11-15)23-4)24(20,21)18-10-6-8-16(18)13-22-3/h5,7,9,11,14,16H,6,8,10,12-13H2,1-4H3. The molecule has 1 atom stereocenters. The van der Waals surface area contributed by atoms with Gasteiger partial charge in [0.1, 0.15) is 0 Å². The Bertz CT molecular complexity index is 634. The maximum absolute atomic E-state index is 13.2. The highest BCUT2D eigenvalue weighted by Gasteiger charge is 2.39. The van der Waals surface area contributed by atoms with Gasteiger partial charge in [-0.05, 0) is 50.6 Å². The lowest BCUT2D eigenvalue weighted by molar-refractivity contribution is 0.144. The van der Waals surface area contributed by atoms with Gasteiger partial charge in [-0.15, -0.1) is 11.8 Å². The van der Waals surface area contributed by atoms with Crippen LogP contribution in [0, 0.1) is 0 Å². The Labute approximate surface area is 150 Å². The van der Waals surface area contributed by atoms with Crippen molar-refractivity contribution >= 4 is 22.0 Å². The third-order valence-corrected chi connectivity index (χ3v) is 7.27. The summed E-state index contributed by atoms with van der Waals surface area (Å²) >= 11 is 1.66. The fourth-order valence-electron chi connectivity index (χ4n) is 3.09. The van der Waals surface area contributed by atoms with Crippen LogP contribution in [0.25, 0.3) is 0 Å². The van der Waals surface area contributed by atoms with Crippen molar-refractivity contribution in [3.8, 4) is 0 Å². The van der Waals surface area contributed by atoms with E-state index >= 15 is 0 Å². The predicted molar refractivity (Wildman–Crippen MR) is 99.4 cm³/mol. The third-order valence-electron chi connectivity index (χ3n) is 4.32. The molecular formula is C17H28N2O3S2. The minimum Gasteiger partial charge on any atom is -0.383 e. The van der Waals surface area contributed by atoms with E-state index in [0.29, 0.717) is 19.7 Å². The van der Waals surface area contributed by atoms with E-state index in [1.807, 2.05) is 38.3 Å². The lowest BCUT2D eigenvalue weighted by Gasteiger charge is -2.33. The van der Waals surface area contributed by atoms with Gasteiger partial charge < -0.3 is 4.74 Å². The van der Waals surface area contributed by atoms with Gasteiger partial charge in [0.2, 0.25) is 0 Å². The summed E-state index contributed by atoms with van der Waals surface area (Å²) in [7, 11) is -1.89. The van der Waals surface area contributed by atoms with Crippen molar-refractivity contribution in [2.24, 2.45) is 0 Å². The van der Waals surface area contributed by atoms with Crippen LogP contribution in [0.2, 0.25) is 0 Å². The molecule has 5 nitrogen and oxygen atoms in total. The summed E-state index contributed by atoms with van der Waals surface area (Å²) in [6, 6.07) is 7.91. The lowest BCUT2D eigenvalue weighted by Crippen LogP contribution is -2.49. The molecule has 7 heteroatoms. The molecule has 0 amide bonds. The molecular weight excluding hydrogens is 344 g/mol.